The van der Waals surface area contributed by atoms with Crippen LogP contribution in [0.4, 0.5) is 0 Å². The van der Waals surface area contributed by atoms with Crippen LogP contribution < -0.4 is 0 Å². The third-order valence-corrected chi connectivity index (χ3v) is 2.69. The number of carbonyl (C=O) groups is 1. The predicted octanol–water partition coefficient (Wildman–Crippen LogP) is 3.54. The van der Waals surface area contributed by atoms with Crippen molar-refractivity contribution in [2.24, 2.45) is 0 Å². The normalized spacial score (nSPS) is 15.5. The van der Waals surface area contributed by atoms with E-state index in [1.54, 1.807) is 0 Å². The molecule has 76 valence electrons. The Morgan fingerprint density at radius 3 is 2.40 bits per heavy atom. The van der Waals surface area contributed by atoms with Gasteiger partial charge in [0.05, 0.1) is 0 Å². The molecule has 15 heavy (non-hydrogen) atoms. The lowest BCUT2D eigenvalue weighted by atomic mass is 9.93. The highest BCUT2D eigenvalue weighted by atomic mass is 16.1. The molecule has 1 aliphatic carbocycles. The van der Waals surface area contributed by atoms with Gasteiger partial charge in [0.15, 0.2) is 5.78 Å². The molecular formula is C14H14O. The molecule has 0 aromatic heterocycles. The highest BCUT2D eigenvalue weighted by Crippen LogP contribution is 2.21. The van der Waals surface area contributed by atoms with E-state index in [4.69, 9.17) is 0 Å². The summed E-state index contributed by atoms with van der Waals surface area (Å²) in [6.45, 7) is 2.10. The number of allylic oxidation sites excluding steroid dienone is 4. The van der Waals surface area contributed by atoms with Crippen LogP contribution in [0.25, 0.3) is 0 Å². The van der Waals surface area contributed by atoms with Crippen LogP contribution >= 0.6 is 0 Å². The molecule has 2 rings (SSSR count). The van der Waals surface area contributed by atoms with Crippen molar-refractivity contribution in [1.29, 1.82) is 0 Å². The minimum atomic E-state index is 0.166. The number of rotatable bonds is 2. The molecule has 1 nitrogen and oxygen atoms in total. The van der Waals surface area contributed by atoms with Crippen molar-refractivity contribution in [3.63, 3.8) is 0 Å². The fourth-order valence-corrected chi connectivity index (χ4v) is 1.71. The minimum Gasteiger partial charge on any atom is -0.289 e. The number of hydrogen-bond donors (Lipinski definition) is 0. The number of benzene rings is 1. The van der Waals surface area contributed by atoms with Gasteiger partial charge in [-0.05, 0) is 19.8 Å². The molecule has 0 radical (unpaired) electrons. The van der Waals surface area contributed by atoms with Crippen molar-refractivity contribution in [3.8, 4) is 0 Å². The fraction of sp³-hybridized carbons (Fsp3) is 0.214. The molecule has 0 N–H and O–H groups in total. The largest absolute Gasteiger partial charge is 0.289 e. The van der Waals surface area contributed by atoms with E-state index in [9.17, 15) is 4.79 Å². The Balaban J connectivity index is 2.23. The van der Waals surface area contributed by atoms with Gasteiger partial charge < -0.3 is 0 Å². The van der Waals surface area contributed by atoms with Crippen LogP contribution in [-0.4, -0.2) is 5.78 Å². The van der Waals surface area contributed by atoms with E-state index in [1.165, 1.54) is 5.57 Å². The van der Waals surface area contributed by atoms with Crippen molar-refractivity contribution < 1.29 is 4.79 Å². The molecule has 1 heteroatoms. The maximum absolute atomic E-state index is 12.0. The Morgan fingerprint density at radius 1 is 1.07 bits per heavy atom. The van der Waals surface area contributed by atoms with Crippen molar-refractivity contribution in [1.82, 2.24) is 0 Å². The van der Waals surface area contributed by atoms with E-state index >= 15 is 0 Å². The van der Waals surface area contributed by atoms with E-state index in [0.717, 1.165) is 24.0 Å². The number of Topliss-reactive ketones (excluding diaryl/α,β-unsaturated/α-hetero) is 1. The van der Waals surface area contributed by atoms with Gasteiger partial charge in [-0.2, -0.15) is 0 Å². The fourth-order valence-electron chi connectivity index (χ4n) is 1.71. The molecule has 0 heterocycles. The summed E-state index contributed by atoms with van der Waals surface area (Å²) in [7, 11) is 0. The lowest BCUT2D eigenvalue weighted by molar-refractivity contribution is 0.103. The number of ketones is 1. The molecule has 0 amide bonds. The molecule has 0 bridgehead atoms. The SMILES string of the molecule is CC1=CC=C(C(=O)c2ccccc2)CC1. The van der Waals surface area contributed by atoms with Gasteiger partial charge in [-0.3, -0.25) is 4.79 Å². The summed E-state index contributed by atoms with van der Waals surface area (Å²) in [5.41, 5.74) is 3.06. The Morgan fingerprint density at radius 2 is 1.80 bits per heavy atom. The summed E-state index contributed by atoms with van der Waals surface area (Å²) in [6, 6.07) is 9.47. The van der Waals surface area contributed by atoms with Gasteiger partial charge in [0.2, 0.25) is 0 Å². The lowest BCUT2D eigenvalue weighted by Crippen LogP contribution is -2.05. The van der Waals surface area contributed by atoms with Crippen molar-refractivity contribution >= 4 is 5.78 Å². The maximum atomic E-state index is 12.0. The van der Waals surface area contributed by atoms with Crippen LogP contribution in [0, 0.1) is 0 Å². The zero-order valence-corrected chi connectivity index (χ0v) is 8.86. The van der Waals surface area contributed by atoms with Gasteiger partial charge in [0.1, 0.15) is 0 Å². The standard InChI is InChI=1S/C14H14O/c1-11-7-9-13(10-8-11)14(15)12-5-3-2-4-6-12/h2-7,9H,8,10H2,1H3. The first-order valence-electron chi connectivity index (χ1n) is 5.23. The van der Waals surface area contributed by atoms with Crippen LogP contribution in [0.3, 0.4) is 0 Å². The second kappa shape index (κ2) is 4.26. The molecule has 0 unspecified atom stereocenters. The van der Waals surface area contributed by atoms with Gasteiger partial charge >= 0.3 is 0 Å². The summed E-state index contributed by atoms with van der Waals surface area (Å²) in [5.74, 6) is 0.166. The molecule has 0 atom stereocenters. The Labute approximate surface area is 90.1 Å². The minimum absolute atomic E-state index is 0.166. The average Bonchev–Trinajstić information content (AvgIpc) is 2.30. The van der Waals surface area contributed by atoms with Crippen LogP contribution in [0.5, 0.6) is 0 Å². The maximum Gasteiger partial charge on any atom is 0.189 e. The van der Waals surface area contributed by atoms with Gasteiger partial charge in [-0.1, -0.05) is 48.1 Å². The first-order valence-corrected chi connectivity index (χ1v) is 5.23. The topological polar surface area (TPSA) is 17.1 Å². The second-order valence-corrected chi connectivity index (χ2v) is 3.90. The summed E-state index contributed by atoms with van der Waals surface area (Å²) < 4.78 is 0. The Hall–Kier alpha value is -1.63. The molecule has 1 aliphatic rings. The molecular weight excluding hydrogens is 184 g/mol. The molecule has 0 spiro atoms. The van der Waals surface area contributed by atoms with E-state index in [0.29, 0.717) is 0 Å². The van der Waals surface area contributed by atoms with Crippen LogP contribution in [-0.2, 0) is 0 Å². The van der Waals surface area contributed by atoms with Crippen LogP contribution in [0.2, 0.25) is 0 Å². The third-order valence-electron chi connectivity index (χ3n) is 2.69. The lowest BCUT2D eigenvalue weighted by Gasteiger charge is -2.10. The number of carbonyl (C=O) groups excluding carboxylic acids is 1. The quantitative estimate of drug-likeness (QED) is 0.664. The molecule has 1 aromatic carbocycles. The van der Waals surface area contributed by atoms with E-state index in [1.807, 2.05) is 42.5 Å². The third kappa shape index (κ3) is 2.24. The highest BCUT2D eigenvalue weighted by molar-refractivity contribution is 6.08. The summed E-state index contributed by atoms with van der Waals surface area (Å²) in [4.78, 5) is 12.0. The first-order chi connectivity index (χ1) is 7.27. The molecule has 0 saturated carbocycles. The van der Waals surface area contributed by atoms with Gasteiger partial charge in [0, 0.05) is 11.1 Å². The monoisotopic (exact) mass is 198 g/mol. The zero-order chi connectivity index (χ0) is 10.7. The van der Waals surface area contributed by atoms with Crippen LogP contribution in [0.15, 0.2) is 53.6 Å². The summed E-state index contributed by atoms with van der Waals surface area (Å²) >= 11 is 0. The number of hydrogen-bond acceptors (Lipinski definition) is 1. The zero-order valence-electron chi connectivity index (χ0n) is 8.86. The second-order valence-electron chi connectivity index (χ2n) is 3.90. The Kier molecular flexibility index (Phi) is 2.82. The molecule has 0 aliphatic heterocycles. The van der Waals surface area contributed by atoms with Gasteiger partial charge in [-0.25, -0.2) is 0 Å². The smallest absolute Gasteiger partial charge is 0.189 e. The summed E-state index contributed by atoms with van der Waals surface area (Å²) in [5, 5.41) is 0. The molecule has 0 saturated heterocycles. The average molecular weight is 198 g/mol. The van der Waals surface area contributed by atoms with Crippen molar-refractivity contribution in [3.05, 3.63) is 59.2 Å². The Bertz CT molecular complexity index is 424. The van der Waals surface area contributed by atoms with Gasteiger partial charge in [0.25, 0.3) is 0 Å². The van der Waals surface area contributed by atoms with Crippen molar-refractivity contribution in [2.75, 3.05) is 0 Å². The van der Waals surface area contributed by atoms with Gasteiger partial charge in [-0.15, -0.1) is 0 Å². The predicted molar refractivity (Wildman–Crippen MR) is 61.8 cm³/mol. The van der Waals surface area contributed by atoms with E-state index in [2.05, 4.69) is 6.92 Å². The molecule has 0 fully saturated rings. The van der Waals surface area contributed by atoms with E-state index in [-0.39, 0.29) is 5.78 Å². The highest BCUT2D eigenvalue weighted by Gasteiger charge is 2.13. The summed E-state index contributed by atoms with van der Waals surface area (Å²) in [6.07, 6.45) is 5.87. The van der Waals surface area contributed by atoms with E-state index < -0.39 is 0 Å². The first kappa shape index (κ1) is 9.91. The van der Waals surface area contributed by atoms with Crippen molar-refractivity contribution in [2.45, 2.75) is 19.8 Å². The molecule has 1 aromatic rings. The van der Waals surface area contributed by atoms with Crippen LogP contribution in [0.1, 0.15) is 30.1 Å².